The van der Waals surface area contributed by atoms with E-state index in [0.717, 1.165) is 24.4 Å². The summed E-state index contributed by atoms with van der Waals surface area (Å²) in [6.45, 7) is 0. The lowest BCUT2D eigenvalue weighted by molar-refractivity contribution is 0.596. The molecule has 2 rings (SSSR count). The van der Waals surface area contributed by atoms with Crippen molar-refractivity contribution in [2.24, 2.45) is 0 Å². The molecule has 0 aliphatic heterocycles. The van der Waals surface area contributed by atoms with Gasteiger partial charge in [0.05, 0.1) is 11.9 Å². The fourth-order valence-corrected chi connectivity index (χ4v) is 3.47. The number of nitrogens with zero attached hydrogens (tertiary/aromatic N) is 1. The lowest BCUT2D eigenvalue weighted by atomic mass is 10.3. The minimum atomic E-state index is -4.01. The Balaban J connectivity index is 2.41. The maximum absolute atomic E-state index is 13.3. The van der Waals surface area contributed by atoms with E-state index in [1.807, 2.05) is 0 Å². The van der Waals surface area contributed by atoms with Gasteiger partial charge in [-0.05, 0) is 40.2 Å². The van der Waals surface area contributed by atoms with E-state index in [1.54, 1.807) is 0 Å². The van der Waals surface area contributed by atoms with Crippen LogP contribution in [0.4, 0.5) is 14.5 Å². The van der Waals surface area contributed by atoms with Crippen LogP contribution in [0, 0.1) is 11.6 Å². The minimum absolute atomic E-state index is 0.0504. The molecule has 0 saturated carbocycles. The summed E-state index contributed by atoms with van der Waals surface area (Å²) in [4.78, 5) is 3.32. The molecule has 0 bridgehead atoms. The SMILES string of the molecule is O=S(=O)(Nc1ccncc1F)c1ccc(F)cc1Br. The molecule has 0 unspecified atom stereocenters. The average molecular weight is 349 g/mol. The zero-order valence-corrected chi connectivity index (χ0v) is 11.7. The molecule has 0 spiro atoms. The number of anilines is 1. The largest absolute Gasteiger partial charge is 0.277 e. The number of halogens is 3. The van der Waals surface area contributed by atoms with Gasteiger partial charge in [0.25, 0.3) is 10.0 Å². The monoisotopic (exact) mass is 348 g/mol. The molecular weight excluding hydrogens is 342 g/mol. The van der Waals surface area contributed by atoms with E-state index in [9.17, 15) is 17.2 Å². The number of hydrogen-bond acceptors (Lipinski definition) is 3. The second kappa shape index (κ2) is 5.22. The Morgan fingerprint density at radius 2 is 1.95 bits per heavy atom. The van der Waals surface area contributed by atoms with E-state index < -0.39 is 21.7 Å². The number of benzene rings is 1. The van der Waals surface area contributed by atoms with Gasteiger partial charge in [-0.1, -0.05) is 0 Å². The van der Waals surface area contributed by atoms with Crippen LogP contribution in [-0.2, 0) is 10.0 Å². The quantitative estimate of drug-likeness (QED) is 0.927. The molecule has 1 N–H and O–H groups in total. The van der Waals surface area contributed by atoms with Gasteiger partial charge in [-0.15, -0.1) is 0 Å². The van der Waals surface area contributed by atoms with Crippen LogP contribution in [0.1, 0.15) is 0 Å². The fraction of sp³-hybridized carbons (Fsp3) is 0. The average Bonchev–Trinajstić information content (AvgIpc) is 2.31. The second-order valence-electron chi connectivity index (χ2n) is 3.54. The number of rotatable bonds is 3. The van der Waals surface area contributed by atoms with Gasteiger partial charge in [-0.3, -0.25) is 9.71 Å². The number of aromatic nitrogens is 1. The van der Waals surface area contributed by atoms with Gasteiger partial charge in [0.1, 0.15) is 10.7 Å². The summed E-state index contributed by atoms with van der Waals surface area (Å²) >= 11 is 2.95. The maximum atomic E-state index is 13.3. The molecular formula is C11H7BrF2N2O2S. The molecule has 0 amide bonds. The van der Waals surface area contributed by atoms with Gasteiger partial charge < -0.3 is 0 Å². The van der Waals surface area contributed by atoms with Crippen LogP contribution >= 0.6 is 15.9 Å². The molecule has 1 heterocycles. The molecule has 8 heteroatoms. The molecule has 0 fully saturated rings. The molecule has 0 radical (unpaired) electrons. The Morgan fingerprint density at radius 3 is 2.58 bits per heavy atom. The van der Waals surface area contributed by atoms with E-state index in [-0.39, 0.29) is 15.1 Å². The lowest BCUT2D eigenvalue weighted by Crippen LogP contribution is -2.14. The van der Waals surface area contributed by atoms with Crippen molar-refractivity contribution in [1.29, 1.82) is 0 Å². The van der Waals surface area contributed by atoms with Crippen molar-refractivity contribution < 1.29 is 17.2 Å². The van der Waals surface area contributed by atoms with Gasteiger partial charge in [-0.25, -0.2) is 17.2 Å². The first-order valence-corrected chi connectivity index (χ1v) is 7.25. The highest BCUT2D eigenvalue weighted by Gasteiger charge is 2.19. The van der Waals surface area contributed by atoms with Crippen LogP contribution < -0.4 is 4.72 Å². The summed E-state index contributed by atoms with van der Waals surface area (Å²) in [6, 6.07) is 4.28. The summed E-state index contributed by atoms with van der Waals surface area (Å²) in [5.74, 6) is -1.38. The third-order valence-corrected chi connectivity index (χ3v) is 4.54. The predicted molar refractivity (Wildman–Crippen MR) is 69.1 cm³/mol. The molecule has 0 aliphatic rings. The summed E-state index contributed by atoms with van der Waals surface area (Å²) in [5.41, 5.74) is -0.230. The van der Waals surface area contributed by atoms with E-state index in [0.29, 0.717) is 0 Å². The van der Waals surface area contributed by atoms with Crippen LogP contribution in [-0.4, -0.2) is 13.4 Å². The van der Waals surface area contributed by atoms with Crippen LogP contribution in [0.2, 0.25) is 0 Å². The van der Waals surface area contributed by atoms with Crippen molar-refractivity contribution in [3.05, 3.63) is 52.8 Å². The Kier molecular flexibility index (Phi) is 3.81. The third kappa shape index (κ3) is 3.07. The molecule has 1 aromatic carbocycles. The predicted octanol–water partition coefficient (Wildman–Crippen LogP) is 2.92. The molecule has 2 aromatic rings. The van der Waals surface area contributed by atoms with E-state index in [1.165, 1.54) is 12.3 Å². The Labute approximate surface area is 116 Å². The summed E-state index contributed by atoms with van der Waals surface area (Å²) < 4.78 is 52.4. The van der Waals surface area contributed by atoms with Gasteiger partial charge in [0, 0.05) is 10.7 Å². The lowest BCUT2D eigenvalue weighted by Gasteiger charge is -2.09. The van der Waals surface area contributed by atoms with E-state index >= 15 is 0 Å². The molecule has 0 aliphatic carbocycles. The minimum Gasteiger partial charge on any atom is -0.277 e. The first-order valence-electron chi connectivity index (χ1n) is 4.97. The van der Waals surface area contributed by atoms with Crippen molar-refractivity contribution >= 4 is 31.6 Å². The molecule has 1 aromatic heterocycles. The highest BCUT2D eigenvalue weighted by molar-refractivity contribution is 9.10. The second-order valence-corrected chi connectivity index (χ2v) is 6.04. The van der Waals surface area contributed by atoms with Crippen molar-refractivity contribution in [3.63, 3.8) is 0 Å². The summed E-state index contributed by atoms with van der Waals surface area (Å²) in [5, 5.41) is 0. The van der Waals surface area contributed by atoms with E-state index in [2.05, 4.69) is 25.6 Å². The normalized spacial score (nSPS) is 11.3. The standard InChI is InChI=1S/C11H7BrF2N2O2S/c12-8-5-7(13)1-2-11(8)19(17,18)16-10-3-4-15-6-9(10)14/h1-6H,(H,15,16). The van der Waals surface area contributed by atoms with Crippen molar-refractivity contribution in [3.8, 4) is 0 Å². The van der Waals surface area contributed by atoms with Gasteiger partial charge in [0.15, 0.2) is 5.82 Å². The zero-order chi connectivity index (χ0) is 14.0. The van der Waals surface area contributed by atoms with Crippen molar-refractivity contribution in [2.75, 3.05) is 4.72 Å². The Bertz CT molecular complexity index is 722. The molecule has 19 heavy (non-hydrogen) atoms. The first-order chi connectivity index (χ1) is 8.90. The molecule has 100 valence electrons. The van der Waals surface area contributed by atoms with Crippen LogP contribution in [0.5, 0.6) is 0 Å². The summed E-state index contributed by atoms with van der Waals surface area (Å²) in [6.07, 6.45) is 2.14. The number of hydrogen-bond donors (Lipinski definition) is 1. The van der Waals surface area contributed by atoms with Crippen molar-refractivity contribution in [2.45, 2.75) is 4.90 Å². The van der Waals surface area contributed by atoms with E-state index in [4.69, 9.17) is 0 Å². The van der Waals surface area contributed by atoms with Gasteiger partial charge >= 0.3 is 0 Å². The smallest absolute Gasteiger partial charge is 0.263 e. The number of pyridine rings is 1. The summed E-state index contributed by atoms with van der Waals surface area (Å²) in [7, 11) is -4.01. The molecule has 0 atom stereocenters. The highest BCUT2D eigenvalue weighted by atomic mass is 79.9. The third-order valence-electron chi connectivity index (χ3n) is 2.20. The molecule has 0 saturated heterocycles. The zero-order valence-electron chi connectivity index (χ0n) is 9.27. The Hall–Kier alpha value is -1.54. The van der Waals surface area contributed by atoms with Gasteiger partial charge in [-0.2, -0.15) is 0 Å². The number of nitrogens with one attached hydrogen (secondary N) is 1. The van der Waals surface area contributed by atoms with Crippen molar-refractivity contribution in [1.82, 2.24) is 4.98 Å². The van der Waals surface area contributed by atoms with Gasteiger partial charge in [0.2, 0.25) is 0 Å². The van der Waals surface area contributed by atoms with Crippen LogP contribution in [0.15, 0.2) is 46.0 Å². The fourth-order valence-electron chi connectivity index (χ4n) is 1.35. The van der Waals surface area contributed by atoms with Crippen LogP contribution in [0.25, 0.3) is 0 Å². The number of sulfonamides is 1. The molecule has 4 nitrogen and oxygen atoms in total. The topological polar surface area (TPSA) is 59.1 Å². The van der Waals surface area contributed by atoms with Crippen LogP contribution in [0.3, 0.4) is 0 Å². The highest BCUT2D eigenvalue weighted by Crippen LogP contribution is 2.25. The maximum Gasteiger partial charge on any atom is 0.263 e. The first kappa shape index (κ1) is 13.9. The Morgan fingerprint density at radius 1 is 1.21 bits per heavy atom.